The average molecular weight is 435 g/mol. The van der Waals surface area contributed by atoms with Crippen LogP contribution in [0, 0.1) is 0 Å². The molecule has 2 N–H and O–H groups in total. The summed E-state index contributed by atoms with van der Waals surface area (Å²) in [5.74, 6) is 0.760. The quantitative estimate of drug-likeness (QED) is 0.329. The zero-order chi connectivity index (χ0) is 15.3. The largest absolute Gasteiger partial charge is 0.353 e. The Kier molecular flexibility index (Phi) is 7.34. The molecule has 22 heavy (non-hydrogen) atoms. The van der Waals surface area contributed by atoms with E-state index in [2.05, 4.69) is 27.8 Å². The molecule has 0 aliphatic heterocycles. The van der Waals surface area contributed by atoms with Crippen LogP contribution in [0.2, 0.25) is 0 Å². The number of halogens is 1. The summed E-state index contributed by atoms with van der Waals surface area (Å²) in [5, 5.41) is 6.58. The zero-order valence-corrected chi connectivity index (χ0v) is 15.9. The second-order valence-electron chi connectivity index (χ2n) is 5.13. The molecule has 2 rings (SSSR count). The van der Waals surface area contributed by atoms with Gasteiger partial charge in [0.1, 0.15) is 0 Å². The van der Waals surface area contributed by atoms with Gasteiger partial charge in [0.15, 0.2) is 15.8 Å². The smallest absolute Gasteiger partial charge is 0.191 e. The highest BCUT2D eigenvalue weighted by Crippen LogP contribution is 2.11. The van der Waals surface area contributed by atoms with E-state index in [1.807, 2.05) is 12.1 Å². The number of benzene rings is 1. The van der Waals surface area contributed by atoms with Gasteiger partial charge in [0.25, 0.3) is 0 Å². The Morgan fingerprint density at radius 3 is 2.32 bits per heavy atom. The van der Waals surface area contributed by atoms with Crippen LogP contribution in [0.4, 0.5) is 0 Å². The van der Waals surface area contributed by atoms with Gasteiger partial charge in [-0.25, -0.2) is 8.42 Å². The summed E-state index contributed by atoms with van der Waals surface area (Å²) in [6.45, 7) is 0.601. The fourth-order valence-corrected chi connectivity index (χ4v) is 2.79. The van der Waals surface area contributed by atoms with Gasteiger partial charge < -0.3 is 10.6 Å². The third-order valence-electron chi connectivity index (χ3n) is 3.38. The molecule has 0 unspecified atom stereocenters. The summed E-state index contributed by atoms with van der Waals surface area (Å²) in [6, 6.07) is 7.29. The predicted molar refractivity (Wildman–Crippen MR) is 100 cm³/mol. The summed E-state index contributed by atoms with van der Waals surface area (Å²) < 4.78 is 22.8. The van der Waals surface area contributed by atoms with Gasteiger partial charge in [-0.3, -0.25) is 4.99 Å². The highest BCUT2D eigenvalue weighted by Gasteiger charge is 2.11. The Labute approximate surface area is 149 Å². The van der Waals surface area contributed by atoms with Crippen LogP contribution in [0.3, 0.4) is 0 Å². The number of hydrogen-bond donors (Lipinski definition) is 2. The van der Waals surface area contributed by atoms with Gasteiger partial charge in [0.2, 0.25) is 0 Å². The lowest BCUT2D eigenvalue weighted by atomic mass is 10.2. The number of rotatable bonds is 4. The molecule has 1 aliphatic rings. The molecule has 1 aromatic carbocycles. The molecule has 0 saturated carbocycles. The molecule has 5 nitrogen and oxygen atoms in total. The van der Waals surface area contributed by atoms with Crippen molar-refractivity contribution in [3.63, 3.8) is 0 Å². The molecule has 0 heterocycles. The molecule has 0 radical (unpaired) electrons. The minimum absolute atomic E-state index is 0. The van der Waals surface area contributed by atoms with Crippen molar-refractivity contribution < 1.29 is 8.42 Å². The van der Waals surface area contributed by atoms with Gasteiger partial charge in [-0.2, -0.15) is 0 Å². The Hall–Kier alpha value is -1.09. The summed E-state index contributed by atoms with van der Waals surface area (Å²) >= 11 is 0. The number of nitrogens with zero attached hydrogens (tertiary/aromatic N) is 1. The molecule has 0 bridgehead atoms. The number of aliphatic imine (C=N–C) groups is 1. The van der Waals surface area contributed by atoms with Crippen LogP contribution >= 0.6 is 24.0 Å². The van der Waals surface area contributed by atoms with Gasteiger partial charge in [-0.1, -0.05) is 24.3 Å². The summed E-state index contributed by atoms with van der Waals surface area (Å²) in [6.07, 6.45) is 7.57. The molecule has 7 heteroatoms. The first-order valence-corrected chi connectivity index (χ1v) is 8.79. The average Bonchev–Trinajstić information content (AvgIpc) is 2.96. The molecule has 0 atom stereocenters. The highest BCUT2D eigenvalue weighted by molar-refractivity contribution is 14.0. The van der Waals surface area contributed by atoms with Crippen LogP contribution in [0.15, 0.2) is 46.3 Å². The van der Waals surface area contributed by atoms with Crippen molar-refractivity contribution in [1.82, 2.24) is 10.6 Å². The van der Waals surface area contributed by atoms with E-state index in [4.69, 9.17) is 0 Å². The van der Waals surface area contributed by atoms with Crippen LogP contribution in [-0.4, -0.2) is 33.7 Å². The maximum absolute atomic E-state index is 11.4. The number of sulfone groups is 1. The van der Waals surface area contributed by atoms with E-state index < -0.39 is 9.84 Å². The Bertz CT molecular complexity index is 631. The van der Waals surface area contributed by atoms with Crippen molar-refractivity contribution in [1.29, 1.82) is 0 Å². The first-order chi connectivity index (χ1) is 9.99. The topological polar surface area (TPSA) is 70.6 Å². The first kappa shape index (κ1) is 19.0. The van der Waals surface area contributed by atoms with Crippen molar-refractivity contribution in [2.75, 3.05) is 13.3 Å². The van der Waals surface area contributed by atoms with Crippen molar-refractivity contribution in [3.05, 3.63) is 42.0 Å². The lowest BCUT2D eigenvalue weighted by molar-refractivity contribution is 0.602. The zero-order valence-electron chi connectivity index (χ0n) is 12.7. The van der Waals surface area contributed by atoms with Gasteiger partial charge in [-0.15, -0.1) is 24.0 Å². The Balaban J connectivity index is 0.00000242. The lowest BCUT2D eigenvalue weighted by Gasteiger charge is -2.17. The highest BCUT2D eigenvalue weighted by atomic mass is 127. The summed E-state index contributed by atoms with van der Waals surface area (Å²) in [5.41, 5.74) is 1.01. The van der Waals surface area contributed by atoms with E-state index in [-0.39, 0.29) is 24.0 Å². The second-order valence-corrected chi connectivity index (χ2v) is 7.14. The van der Waals surface area contributed by atoms with Crippen LogP contribution in [0.1, 0.15) is 18.4 Å². The SMILES string of the molecule is CN=C(NCc1ccc(S(C)(=O)=O)cc1)NC1CC=CC1.I. The van der Waals surface area contributed by atoms with E-state index in [9.17, 15) is 8.42 Å². The van der Waals surface area contributed by atoms with Gasteiger partial charge in [0, 0.05) is 25.9 Å². The van der Waals surface area contributed by atoms with Crippen molar-refractivity contribution in [2.24, 2.45) is 4.99 Å². The third kappa shape index (κ3) is 5.60. The predicted octanol–water partition coefficient (Wildman–Crippen LogP) is 2.09. The minimum Gasteiger partial charge on any atom is -0.353 e. The fraction of sp³-hybridized carbons (Fsp3) is 0.400. The van der Waals surface area contributed by atoms with Gasteiger partial charge in [-0.05, 0) is 30.5 Å². The van der Waals surface area contributed by atoms with Gasteiger partial charge >= 0.3 is 0 Å². The minimum atomic E-state index is -3.13. The van der Waals surface area contributed by atoms with E-state index in [0.717, 1.165) is 24.4 Å². The Morgan fingerprint density at radius 1 is 1.23 bits per heavy atom. The third-order valence-corrected chi connectivity index (χ3v) is 4.51. The lowest BCUT2D eigenvalue weighted by Crippen LogP contribution is -2.42. The van der Waals surface area contributed by atoms with E-state index in [0.29, 0.717) is 17.5 Å². The van der Waals surface area contributed by atoms with Crippen LogP contribution in [0.25, 0.3) is 0 Å². The molecule has 1 aromatic rings. The second kappa shape index (κ2) is 8.52. The molecule has 1 aliphatic carbocycles. The molecular formula is C15H22IN3O2S. The number of nitrogens with one attached hydrogen (secondary N) is 2. The van der Waals surface area contributed by atoms with Crippen LogP contribution < -0.4 is 10.6 Å². The summed E-state index contributed by atoms with van der Waals surface area (Å²) in [7, 11) is -1.39. The van der Waals surface area contributed by atoms with Crippen molar-refractivity contribution in [3.8, 4) is 0 Å². The number of hydrogen-bond acceptors (Lipinski definition) is 3. The summed E-state index contributed by atoms with van der Waals surface area (Å²) in [4.78, 5) is 4.53. The Morgan fingerprint density at radius 2 is 1.82 bits per heavy atom. The molecule has 0 aromatic heterocycles. The maximum atomic E-state index is 11.4. The normalized spacial score (nSPS) is 15.5. The molecular weight excluding hydrogens is 413 g/mol. The van der Waals surface area contributed by atoms with Gasteiger partial charge in [0.05, 0.1) is 4.90 Å². The first-order valence-electron chi connectivity index (χ1n) is 6.90. The molecule has 0 fully saturated rings. The monoisotopic (exact) mass is 435 g/mol. The van der Waals surface area contributed by atoms with E-state index in [1.54, 1.807) is 19.2 Å². The maximum Gasteiger partial charge on any atom is 0.191 e. The molecule has 0 saturated heterocycles. The van der Waals surface area contributed by atoms with Crippen LogP contribution in [0.5, 0.6) is 0 Å². The molecule has 0 spiro atoms. The van der Waals surface area contributed by atoms with Crippen molar-refractivity contribution in [2.45, 2.75) is 30.3 Å². The van der Waals surface area contributed by atoms with Crippen LogP contribution in [-0.2, 0) is 16.4 Å². The standard InChI is InChI=1S/C15H21N3O2S.HI/c1-16-15(18-13-5-3-4-6-13)17-11-12-7-9-14(10-8-12)21(2,19)20;/h3-4,7-10,13H,5-6,11H2,1-2H3,(H2,16,17,18);1H. The fourth-order valence-electron chi connectivity index (χ4n) is 2.16. The molecule has 122 valence electrons. The van der Waals surface area contributed by atoms with Crippen molar-refractivity contribution >= 4 is 39.8 Å². The van der Waals surface area contributed by atoms with E-state index >= 15 is 0 Å². The number of guanidine groups is 1. The van der Waals surface area contributed by atoms with E-state index in [1.165, 1.54) is 6.26 Å². The molecule has 0 amide bonds.